The number of halogens is 2. The molecule has 2 rings (SSSR count). The van der Waals surface area contributed by atoms with Crippen molar-refractivity contribution in [3.05, 3.63) is 69.8 Å². The third-order valence-corrected chi connectivity index (χ3v) is 2.94. The third kappa shape index (κ3) is 3.75. The number of anilines is 1. The Labute approximate surface area is 121 Å². The van der Waals surface area contributed by atoms with Crippen LogP contribution in [0.2, 0.25) is 10.0 Å². The van der Waals surface area contributed by atoms with Crippen LogP contribution in [-0.4, -0.2) is 0 Å². The Kier molecular flexibility index (Phi) is 4.46. The van der Waals surface area contributed by atoms with E-state index in [0.717, 1.165) is 11.3 Å². The van der Waals surface area contributed by atoms with Crippen LogP contribution in [-0.2, 0) is 0 Å². The summed E-state index contributed by atoms with van der Waals surface area (Å²) in [5.41, 5.74) is 2.23. The summed E-state index contributed by atoms with van der Waals surface area (Å²) in [6, 6.07) is 14.7. The molecule has 0 fully saturated rings. The van der Waals surface area contributed by atoms with Gasteiger partial charge in [0.1, 0.15) is 0 Å². The van der Waals surface area contributed by atoms with Gasteiger partial charge in [-0.2, -0.15) is 5.26 Å². The van der Waals surface area contributed by atoms with Crippen molar-refractivity contribution in [3.8, 4) is 6.07 Å². The Morgan fingerprint density at radius 2 is 1.84 bits per heavy atom. The number of rotatable bonds is 3. The Balaban J connectivity index is 2.14. The minimum absolute atomic E-state index is 0.539. The van der Waals surface area contributed by atoms with E-state index in [1.165, 1.54) is 0 Å². The number of hydrogen-bond acceptors (Lipinski definition) is 2. The van der Waals surface area contributed by atoms with E-state index in [4.69, 9.17) is 28.5 Å². The highest BCUT2D eigenvalue weighted by molar-refractivity contribution is 6.31. The molecule has 0 aliphatic carbocycles. The first-order valence-corrected chi connectivity index (χ1v) is 6.33. The quantitative estimate of drug-likeness (QED) is 0.868. The highest BCUT2D eigenvalue weighted by Crippen LogP contribution is 2.18. The zero-order valence-corrected chi connectivity index (χ0v) is 11.4. The van der Waals surface area contributed by atoms with Crippen molar-refractivity contribution >= 4 is 35.0 Å². The van der Waals surface area contributed by atoms with Crippen LogP contribution in [0.3, 0.4) is 0 Å². The zero-order chi connectivity index (χ0) is 13.7. The second-order valence-corrected chi connectivity index (χ2v) is 4.70. The Morgan fingerprint density at radius 3 is 2.58 bits per heavy atom. The van der Waals surface area contributed by atoms with Crippen LogP contribution in [0, 0.1) is 11.3 Å². The first kappa shape index (κ1) is 13.5. The van der Waals surface area contributed by atoms with Gasteiger partial charge in [0.15, 0.2) is 0 Å². The molecule has 0 saturated carbocycles. The van der Waals surface area contributed by atoms with Gasteiger partial charge in [0.25, 0.3) is 0 Å². The summed E-state index contributed by atoms with van der Waals surface area (Å²) in [5, 5.41) is 13.3. The molecular weight excluding hydrogens is 279 g/mol. The summed E-state index contributed by atoms with van der Waals surface area (Å²) >= 11 is 11.7. The van der Waals surface area contributed by atoms with Crippen LogP contribution in [0.1, 0.15) is 11.1 Å². The number of nitrogens with zero attached hydrogens (tertiary/aromatic N) is 1. The monoisotopic (exact) mass is 288 g/mol. The predicted octanol–water partition coefficient (Wildman–Crippen LogP) is 4.95. The van der Waals surface area contributed by atoms with Crippen molar-refractivity contribution in [1.82, 2.24) is 0 Å². The second-order valence-electron chi connectivity index (χ2n) is 3.83. The first-order chi connectivity index (χ1) is 9.19. The van der Waals surface area contributed by atoms with Crippen LogP contribution in [0.4, 0.5) is 5.69 Å². The second kappa shape index (κ2) is 6.29. The molecule has 19 heavy (non-hydrogen) atoms. The van der Waals surface area contributed by atoms with Gasteiger partial charge in [0, 0.05) is 21.9 Å². The minimum atomic E-state index is 0.539. The number of hydrogen-bond donors (Lipinski definition) is 1. The SMILES string of the molecule is N#Cc1cc(Cl)ccc1C=CNc1cccc(Cl)c1. The van der Waals surface area contributed by atoms with E-state index in [2.05, 4.69) is 11.4 Å². The Hall–Kier alpha value is -1.95. The number of nitriles is 1. The minimum Gasteiger partial charge on any atom is -0.362 e. The number of benzene rings is 2. The maximum absolute atomic E-state index is 9.02. The molecule has 0 saturated heterocycles. The smallest absolute Gasteiger partial charge is 0.0998 e. The average molecular weight is 289 g/mol. The van der Waals surface area contributed by atoms with Crippen LogP contribution >= 0.6 is 23.2 Å². The van der Waals surface area contributed by atoms with Gasteiger partial charge in [-0.15, -0.1) is 0 Å². The first-order valence-electron chi connectivity index (χ1n) is 5.57. The van der Waals surface area contributed by atoms with E-state index in [-0.39, 0.29) is 0 Å². The van der Waals surface area contributed by atoms with E-state index < -0.39 is 0 Å². The zero-order valence-electron chi connectivity index (χ0n) is 9.90. The van der Waals surface area contributed by atoms with Gasteiger partial charge in [0.05, 0.1) is 11.6 Å². The summed E-state index contributed by atoms with van der Waals surface area (Å²) in [4.78, 5) is 0. The number of nitrogens with one attached hydrogen (secondary N) is 1. The van der Waals surface area contributed by atoms with Gasteiger partial charge in [-0.1, -0.05) is 35.3 Å². The van der Waals surface area contributed by atoms with Crippen molar-refractivity contribution < 1.29 is 0 Å². The van der Waals surface area contributed by atoms with E-state index in [9.17, 15) is 0 Å². The van der Waals surface area contributed by atoms with Crippen molar-refractivity contribution in [2.45, 2.75) is 0 Å². The van der Waals surface area contributed by atoms with Crippen molar-refractivity contribution in [1.29, 1.82) is 5.26 Å². The van der Waals surface area contributed by atoms with E-state index in [0.29, 0.717) is 15.6 Å². The van der Waals surface area contributed by atoms with Crippen molar-refractivity contribution in [2.24, 2.45) is 0 Å². The molecule has 0 aliphatic rings. The summed E-state index contributed by atoms with van der Waals surface area (Å²) in [6.07, 6.45) is 3.57. The largest absolute Gasteiger partial charge is 0.362 e. The molecule has 0 atom stereocenters. The molecule has 4 heteroatoms. The molecule has 0 unspecified atom stereocenters. The van der Waals surface area contributed by atoms with Crippen LogP contribution < -0.4 is 5.32 Å². The van der Waals surface area contributed by atoms with Crippen LogP contribution in [0.5, 0.6) is 0 Å². The summed E-state index contributed by atoms with van der Waals surface area (Å²) in [6.45, 7) is 0. The lowest BCUT2D eigenvalue weighted by atomic mass is 10.1. The molecule has 94 valence electrons. The molecule has 2 aromatic rings. The van der Waals surface area contributed by atoms with E-state index >= 15 is 0 Å². The highest BCUT2D eigenvalue weighted by atomic mass is 35.5. The summed E-state index contributed by atoms with van der Waals surface area (Å²) in [7, 11) is 0. The normalized spacial score (nSPS) is 10.4. The van der Waals surface area contributed by atoms with Gasteiger partial charge >= 0.3 is 0 Å². The molecule has 2 nitrogen and oxygen atoms in total. The summed E-state index contributed by atoms with van der Waals surface area (Å²) in [5.74, 6) is 0. The fourth-order valence-electron chi connectivity index (χ4n) is 1.58. The van der Waals surface area contributed by atoms with Gasteiger partial charge in [-0.05, 0) is 42.0 Å². The lowest BCUT2D eigenvalue weighted by molar-refractivity contribution is 1.47. The van der Waals surface area contributed by atoms with Gasteiger partial charge in [0.2, 0.25) is 0 Å². The molecule has 0 aliphatic heterocycles. The van der Waals surface area contributed by atoms with Crippen molar-refractivity contribution in [3.63, 3.8) is 0 Å². The van der Waals surface area contributed by atoms with E-state index in [1.807, 2.05) is 30.3 Å². The maximum atomic E-state index is 9.02. The van der Waals surface area contributed by atoms with E-state index in [1.54, 1.807) is 24.4 Å². The van der Waals surface area contributed by atoms with Gasteiger partial charge < -0.3 is 5.32 Å². The van der Waals surface area contributed by atoms with Gasteiger partial charge in [-0.25, -0.2) is 0 Å². The molecular formula is C15H10Cl2N2. The van der Waals surface area contributed by atoms with Gasteiger partial charge in [-0.3, -0.25) is 0 Å². The molecule has 2 aromatic carbocycles. The lowest BCUT2D eigenvalue weighted by Crippen LogP contribution is -1.88. The molecule has 1 N–H and O–H groups in total. The predicted molar refractivity (Wildman–Crippen MR) is 80.3 cm³/mol. The molecule has 0 aromatic heterocycles. The molecule has 0 spiro atoms. The molecule has 0 bridgehead atoms. The maximum Gasteiger partial charge on any atom is 0.0998 e. The topological polar surface area (TPSA) is 35.8 Å². The fraction of sp³-hybridized carbons (Fsp3) is 0. The standard InChI is InChI=1S/C15H10Cl2N2/c16-13-2-1-3-15(9-13)19-7-6-11-4-5-14(17)8-12(11)10-18/h1-9,19H. The third-order valence-electron chi connectivity index (χ3n) is 2.47. The Morgan fingerprint density at radius 1 is 1.05 bits per heavy atom. The van der Waals surface area contributed by atoms with Crippen LogP contribution in [0.25, 0.3) is 6.08 Å². The fourth-order valence-corrected chi connectivity index (χ4v) is 1.94. The average Bonchev–Trinajstić information content (AvgIpc) is 2.40. The van der Waals surface area contributed by atoms with Crippen LogP contribution in [0.15, 0.2) is 48.7 Å². The van der Waals surface area contributed by atoms with Crippen molar-refractivity contribution in [2.75, 3.05) is 5.32 Å². The lowest BCUT2D eigenvalue weighted by Gasteiger charge is -2.02. The summed E-state index contributed by atoms with van der Waals surface area (Å²) < 4.78 is 0. The Bertz CT molecular complexity index is 657. The molecule has 0 heterocycles. The molecule has 0 amide bonds. The molecule has 0 radical (unpaired) electrons. The highest BCUT2D eigenvalue weighted by Gasteiger charge is 1.99.